The molecule has 10 nitrogen and oxygen atoms in total. The number of piperazine rings is 1. The Bertz CT molecular complexity index is 1400. The summed E-state index contributed by atoms with van der Waals surface area (Å²) in [7, 11) is 3.52. The molecule has 200 valence electrons. The molecule has 6 rings (SSSR count). The molecular formula is C28H31N3O7. The minimum atomic E-state index is -0.603. The number of carbonyl (C=O) groups excluding carboxylic acids is 1. The Kier molecular flexibility index (Phi) is 5.72. The number of fused-ring (bicyclic) bond motifs is 9. The van der Waals surface area contributed by atoms with Crippen molar-refractivity contribution < 1.29 is 34.0 Å². The van der Waals surface area contributed by atoms with Crippen molar-refractivity contribution >= 4 is 5.97 Å². The van der Waals surface area contributed by atoms with Gasteiger partial charge in [-0.05, 0) is 44.9 Å². The molecule has 1 saturated heterocycles. The first kappa shape index (κ1) is 24.8. The van der Waals surface area contributed by atoms with Crippen LogP contribution in [0.1, 0.15) is 52.4 Å². The van der Waals surface area contributed by atoms with E-state index in [4.69, 9.17) is 18.9 Å². The van der Waals surface area contributed by atoms with E-state index in [1.165, 1.54) is 14.0 Å². The highest BCUT2D eigenvalue weighted by molar-refractivity contribution is 5.74. The Morgan fingerprint density at radius 3 is 2.58 bits per heavy atom. The lowest BCUT2D eigenvalue weighted by Crippen LogP contribution is -2.68. The van der Waals surface area contributed by atoms with Crippen molar-refractivity contribution in [1.29, 1.82) is 5.26 Å². The van der Waals surface area contributed by atoms with Crippen molar-refractivity contribution in [2.24, 2.45) is 0 Å². The number of methoxy groups -OCH3 is 1. The number of esters is 1. The van der Waals surface area contributed by atoms with E-state index in [1.807, 2.05) is 27.0 Å². The number of hydrogen-bond donors (Lipinski definition) is 2. The first-order valence-electron chi connectivity index (χ1n) is 12.8. The first-order valence-corrected chi connectivity index (χ1v) is 12.8. The Labute approximate surface area is 220 Å². The van der Waals surface area contributed by atoms with Crippen LogP contribution in [0.15, 0.2) is 6.07 Å². The summed E-state index contributed by atoms with van der Waals surface area (Å²) in [5.74, 6) is 1.47. The lowest BCUT2D eigenvalue weighted by molar-refractivity contribution is -0.132. The maximum atomic E-state index is 12.2. The molecule has 2 aromatic carbocycles. The molecule has 10 heteroatoms. The molecule has 0 amide bonds. The topological polar surface area (TPSA) is 125 Å². The fraction of sp³-hybridized carbons (Fsp3) is 0.500. The number of nitrogens with zero attached hydrogens (tertiary/aromatic N) is 3. The molecule has 2 aromatic rings. The second-order valence-corrected chi connectivity index (χ2v) is 10.5. The van der Waals surface area contributed by atoms with Crippen LogP contribution in [0.25, 0.3) is 0 Å². The van der Waals surface area contributed by atoms with Gasteiger partial charge in [-0.2, -0.15) is 5.26 Å². The predicted octanol–water partition coefficient (Wildman–Crippen LogP) is 2.44. The number of aliphatic hydroxyl groups is 1. The third-order valence-electron chi connectivity index (χ3n) is 8.68. The Morgan fingerprint density at radius 2 is 1.92 bits per heavy atom. The summed E-state index contributed by atoms with van der Waals surface area (Å²) < 4.78 is 23.0. The summed E-state index contributed by atoms with van der Waals surface area (Å²) in [6.07, 6.45) is 0.971. The van der Waals surface area contributed by atoms with Crippen molar-refractivity contribution in [3.63, 3.8) is 0 Å². The van der Waals surface area contributed by atoms with E-state index in [9.17, 15) is 20.3 Å². The number of hydrogen-bond acceptors (Lipinski definition) is 10. The van der Waals surface area contributed by atoms with Gasteiger partial charge in [0.15, 0.2) is 23.0 Å². The van der Waals surface area contributed by atoms with Crippen LogP contribution in [0.2, 0.25) is 0 Å². The number of nitriles is 1. The van der Waals surface area contributed by atoms with Gasteiger partial charge >= 0.3 is 5.97 Å². The summed E-state index contributed by atoms with van der Waals surface area (Å²) in [4.78, 5) is 16.4. The van der Waals surface area contributed by atoms with Gasteiger partial charge in [0.25, 0.3) is 0 Å². The lowest BCUT2D eigenvalue weighted by atomic mass is 9.71. The summed E-state index contributed by atoms with van der Waals surface area (Å²) in [5, 5.41) is 32.7. The summed E-state index contributed by atoms with van der Waals surface area (Å²) >= 11 is 0. The van der Waals surface area contributed by atoms with Gasteiger partial charge in [0.1, 0.15) is 11.8 Å². The van der Waals surface area contributed by atoms with Crippen LogP contribution < -0.4 is 18.9 Å². The predicted molar refractivity (Wildman–Crippen MR) is 135 cm³/mol. The zero-order valence-corrected chi connectivity index (χ0v) is 22.1. The van der Waals surface area contributed by atoms with E-state index in [0.29, 0.717) is 47.0 Å². The highest BCUT2D eigenvalue weighted by atomic mass is 16.7. The minimum absolute atomic E-state index is 0.0176. The Morgan fingerprint density at radius 1 is 1.18 bits per heavy atom. The Hall–Kier alpha value is -3.52. The van der Waals surface area contributed by atoms with E-state index in [0.717, 1.165) is 22.3 Å². The Balaban J connectivity index is 1.62. The van der Waals surface area contributed by atoms with Crippen LogP contribution in [0.5, 0.6) is 28.7 Å². The van der Waals surface area contributed by atoms with Gasteiger partial charge in [-0.3, -0.25) is 14.6 Å². The average Bonchev–Trinajstić information content (AvgIpc) is 3.36. The highest BCUT2D eigenvalue weighted by Gasteiger charge is 2.56. The number of aliphatic hydroxyl groups excluding tert-OH is 1. The number of rotatable bonds is 3. The summed E-state index contributed by atoms with van der Waals surface area (Å²) in [6.45, 7) is 4.81. The molecule has 5 atom stereocenters. The third kappa shape index (κ3) is 3.19. The molecule has 4 aliphatic rings. The van der Waals surface area contributed by atoms with Crippen molar-refractivity contribution in [3.05, 3.63) is 39.4 Å². The maximum absolute atomic E-state index is 12.2. The van der Waals surface area contributed by atoms with Gasteiger partial charge < -0.3 is 29.2 Å². The zero-order chi connectivity index (χ0) is 27.0. The van der Waals surface area contributed by atoms with Crippen molar-refractivity contribution in [1.82, 2.24) is 9.80 Å². The SMILES string of the molecule is COc1c(C)cc2c(c1O)[C@@H]1[C@@H]3Cc4c(OC(C)=O)c(C)c5c(c4[C@H](CO)N3[C@@H](C#N)[C@H](C2)N1C)OCO5. The van der Waals surface area contributed by atoms with Gasteiger partial charge in [-0.25, -0.2) is 0 Å². The smallest absolute Gasteiger partial charge is 0.308 e. The molecule has 0 aromatic heterocycles. The first-order chi connectivity index (χ1) is 18.2. The molecule has 0 unspecified atom stereocenters. The van der Waals surface area contributed by atoms with Crippen LogP contribution in [-0.2, 0) is 17.6 Å². The largest absolute Gasteiger partial charge is 0.504 e. The van der Waals surface area contributed by atoms with E-state index >= 15 is 0 Å². The number of carbonyl (C=O) groups is 1. The molecule has 1 fully saturated rings. The minimum Gasteiger partial charge on any atom is -0.504 e. The highest BCUT2D eigenvalue weighted by Crippen LogP contribution is 2.58. The fourth-order valence-corrected chi connectivity index (χ4v) is 7.29. The van der Waals surface area contributed by atoms with Gasteiger partial charge in [-0.15, -0.1) is 0 Å². The van der Waals surface area contributed by atoms with Gasteiger partial charge in [0.05, 0.1) is 31.9 Å². The molecule has 0 radical (unpaired) electrons. The third-order valence-corrected chi connectivity index (χ3v) is 8.68. The second kappa shape index (κ2) is 8.76. The molecular weight excluding hydrogens is 490 g/mol. The van der Waals surface area contributed by atoms with Crippen LogP contribution in [-0.4, -0.2) is 71.7 Å². The number of aromatic hydroxyl groups is 1. The number of phenolic OH excluding ortho intramolecular Hbond substituents is 1. The molecule has 0 saturated carbocycles. The zero-order valence-electron chi connectivity index (χ0n) is 22.1. The van der Waals surface area contributed by atoms with E-state index in [-0.39, 0.29) is 37.3 Å². The van der Waals surface area contributed by atoms with Gasteiger partial charge in [0.2, 0.25) is 6.79 Å². The second-order valence-electron chi connectivity index (χ2n) is 10.5. The molecule has 2 bridgehead atoms. The number of ether oxygens (including phenoxy) is 4. The normalized spacial score (nSPS) is 27.1. The maximum Gasteiger partial charge on any atom is 0.308 e. The van der Waals surface area contributed by atoms with Crippen LogP contribution >= 0.6 is 0 Å². The lowest BCUT2D eigenvalue weighted by Gasteiger charge is -2.59. The number of benzene rings is 2. The average molecular weight is 522 g/mol. The molecule has 2 N–H and O–H groups in total. The molecule has 4 aliphatic heterocycles. The van der Waals surface area contributed by atoms with E-state index < -0.39 is 18.1 Å². The van der Waals surface area contributed by atoms with Crippen molar-refractivity contribution in [3.8, 4) is 34.8 Å². The molecule has 0 aliphatic carbocycles. The van der Waals surface area contributed by atoms with Crippen LogP contribution in [0.3, 0.4) is 0 Å². The van der Waals surface area contributed by atoms with E-state index in [1.54, 1.807) is 0 Å². The molecule has 4 heterocycles. The molecule has 38 heavy (non-hydrogen) atoms. The van der Waals surface area contributed by atoms with E-state index in [2.05, 4.69) is 15.9 Å². The number of phenols is 1. The number of aryl methyl sites for hydroxylation is 1. The van der Waals surface area contributed by atoms with Crippen molar-refractivity contribution in [2.75, 3.05) is 27.6 Å². The molecule has 0 spiro atoms. The van der Waals surface area contributed by atoms with Crippen molar-refractivity contribution in [2.45, 2.75) is 63.8 Å². The monoisotopic (exact) mass is 521 g/mol. The fourth-order valence-electron chi connectivity index (χ4n) is 7.29. The summed E-state index contributed by atoms with van der Waals surface area (Å²) in [5.41, 5.74) is 4.67. The van der Waals surface area contributed by atoms with Crippen LogP contribution in [0.4, 0.5) is 0 Å². The number of likely N-dealkylation sites (N-methyl/N-ethyl adjacent to an activating group) is 1. The quantitative estimate of drug-likeness (QED) is 0.460. The standard InChI is InChI=1S/C28H31N3O7/c1-12-6-15-7-17-19(9-29)31-18(23(30(17)4)21(15)24(34)25(12)35-5)8-16-22(20(31)10-32)28-27(36-11-37-28)13(2)26(16)38-14(3)33/h6,17-20,23,32,34H,7-8,10-11H2,1-5H3/t17-,18-,19-,20-,23-/m0/s1. The summed E-state index contributed by atoms with van der Waals surface area (Å²) in [6, 6.07) is 2.62. The van der Waals surface area contributed by atoms with Gasteiger partial charge in [0, 0.05) is 41.3 Å². The van der Waals surface area contributed by atoms with Crippen LogP contribution in [0, 0.1) is 25.2 Å². The van der Waals surface area contributed by atoms with Gasteiger partial charge in [-0.1, -0.05) is 6.07 Å².